The largest absolute Gasteiger partial charge is 0.423 e. The van der Waals surface area contributed by atoms with Gasteiger partial charge in [0.2, 0.25) is 0 Å². The molecule has 0 amide bonds. The highest BCUT2D eigenvalue weighted by molar-refractivity contribution is 5.83. The lowest BCUT2D eigenvalue weighted by Crippen LogP contribution is -2.15. The highest BCUT2D eigenvalue weighted by Gasteiger charge is 2.21. The van der Waals surface area contributed by atoms with Crippen molar-refractivity contribution in [1.29, 1.82) is 0 Å². The lowest BCUT2D eigenvalue weighted by Gasteiger charge is -2.27. The molecule has 0 aliphatic rings. The Morgan fingerprint density at radius 3 is 2.24 bits per heavy atom. The lowest BCUT2D eigenvalue weighted by atomic mass is 9.78. The molecule has 0 spiro atoms. The number of hydrogen-bond acceptors (Lipinski definition) is 2. The zero-order chi connectivity index (χ0) is 13.1. The van der Waals surface area contributed by atoms with Crippen LogP contribution in [0.5, 0.6) is 5.75 Å². The number of hydrogen-bond donors (Lipinski definition) is 0. The van der Waals surface area contributed by atoms with Crippen LogP contribution in [0.4, 0.5) is 0 Å². The average molecular weight is 232 g/mol. The first-order chi connectivity index (χ1) is 7.84. The molecule has 1 aromatic rings. The minimum absolute atomic E-state index is 0.222. The molecule has 1 rings (SSSR count). The summed E-state index contributed by atoms with van der Waals surface area (Å²) in [5.74, 6) is 0.577. The van der Waals surface area contributed by atoms with E-state index in [0.29, 0.717) is 11.7 Å². The van der Waals surface area contributed by atoms with Crippen molar-refractivity contribution in [3.8, 4) is 5.75 Å². The van der Waals surface area contributed by atoms with Crippen LogP contribution in [0.15, 0.2) is 36.9 Å². The Labute approximate surface area is 103 Å². The predicted molar refractivity (Wildman–Crippen MR) is 70.1 cm³/mol. The van der Waals surface area contributed by atoms with Gasteiger partial charge in [-0.2, -0.15) is 0 Å². The standard InChI is InChI=1S/C15H20O2/c1-6-14(16)17-13-9-7-12(8-10-13)11(2)15(3,4)5/h6-11H,1H2,2-5H3. The second kappa shape index (κ2) is 5.17. The van der Waals surface area contributed by atoms with Crippen LogP contribution in [-0.2, 0) is 4.79 Å². The number of carbonyl (C=O) groups is 1. The van der Waals surface area contributed by atoms with Crippen LogP contribution in [0.3, 0.4) is 0 Å². The van der Waals surface area contributed by atoms with E-state index in [-0.39, 0.29) is 5.41 Å². The number of benzene rings is 1. The molecule has 1 unspecified atom stereocenters. The van der Waals surface area contributed by atoms with Crippen molar-refractivity contribution in [3.05, 3.63) is 42.5 Å². The second-order valence-corrected chi connectivity index (χ2v) is 5.28. The van der Waals surface area contributed by atoms with Crippen LogP contribution in [0.25, 0.3) is 0 Å². The Morgan fingerprint density at radius 2 is 1.82 bits per heavy atom. The van der Waals surface area contributed by atoms with Crippen molar-refractivity contribution in [1.82, 2.24) is 0 Å². The quantitative estimate of drug-likeness (QED) is 0.448. The first-order valence-electron chi connectivity index (χ1n) is 5.79. The fraction of sp³-hybridized carbons (Fsp3) is 0.400. The average Bonchev–Trinajstić information content (AvgIpc) is 2.27. The number of ether oxygens (including phenoxy) is 1. The first kappa shape index (κ1) is 13.5. The van der Waals surface area contributed by atoms with Gasteiger partial charge in [0.15, 0.2) is 0 Å². The minimum Gasteiger partial charge on any atom is -0.423 e. The van der Waals surface area contributed by atoms with Crippen molar-refractivity contribution in [2.45, 2.75) is 33.6 Å². The van der Waals surface area contributed by atoms with Gasteiger partial charge in [0.05, 0.1) is 0 Å². The number of esters is 1. The highest BCUT2D eigenvalue weighted by Crippen LogP contribution is 2.34. The van der Waals surface area contributed by atoms with E-state index in [4.69, 9.17) is 4.74 Å². The summed E-state index contributed by atoms with van der Waals surface area (Å²) in [7, 11) is 0. The maximum absolute atomic E-state index is 11.0. The van der Waals surface area contributed by atoms with Gasteiger partial charge < -0.3 is 4.74 Å². The lowest BCUT2D eigenvalue weighted by molar-refractivity contribution is -0.128. The Kier molecular flexibility index (Phi) is 4.11. The van der Waals surface area contributed by atoms with Crippen LogP contribution in [-0.4, -0.2) is 5.97 Å². The molecule has 0 aromatic heterocycles. The Hall–Kier alpha value is -1.57. The maximum atomic E-state index is 11.0. The summed E-state index contributed by atoms with van der Waals surface area (Å²) in [6.07, 6.45) is 1.16. The van der Waals surface area contributed by atoms with Crippen LogP contribution >= 0.6 is 0 Å². The smallest absolute Gasteiger partial charge is 0.335 e. The summed E-state index contributed by atoms with van der Waals surface area (Å²) < 4.78 is 5.03. The van der Waals surface area contributed by atoms with E-state index in [2.05, 4.69) is 34.3 Å². The third-order valence-corrected chi connectivity index (χ3v) is 3.06. The molecule has 2 nitrogen and oxygen atoms in total. The van der Waals surface area contributed by atoms with Crippen molar-refractivity contribution in [2.24, 2.45) is 5.41 Å². The minimum atomic E-state index is -0.429. The van der Waals surface area contributed by atoms with Gasteiger partial charge in [0.25, 0.3) is 0 Å². The summed E-state index contributed by atoms with van der Waals surface area (Å²) in [5, 5.41) is 0. The van der Waals surface area contributed by atoms with Gasteiger partial charge in [0, 0.05) is 6.08 Å². The zero-order valence-corrected chi connectivity index (χ0v) is 11.0. The van der Waals surface area contributed by atoms with E-state index in [0.717, 1.165) is 6.08 Å². The molecule has 0 saturated carbocycles. The first-order valence-corrected chi connectivity index (χ1v) is 5.79. The fourth-order valence-corrected chi connectivity index (χ4v) is 1.48. The molecule has 0 bridgehead atoms. The summed E-state index contributed by atoms with van der Waals surface area (Å²) in [4.78, 5) is 11.0. The van der Waals surface area contributed by atoms with Gasteiger partial charge >= 0.3 is 5.97 Å². The van der Waals surface area contributed by atoms with Crippen LogP contribution < -0.4 is 4.74 Å². The molecule has 2 heteroatoms. The Bertz CT molecular complexity index is 396. The molecule has 0 heterocycles. The molecule has 17 heavy (non-hydrogen) atoms. The highest BCUT2D eigenvalue weighted by atomic mass is 16.5. The van der Waals surface area contributed by atoms with E-state index in [1.54, 1.807) is 0 Å². The van der Waals surface area contributed by atoms with E-state index >= 15 is 0 Å². The molecule has 0 radical (unpaired) electrons. The molecule has 0 fully saturated rings. The van der Waals surface area contributed by atoms with Crippen molar-refractivity contribution >= 4 is 5.97 Å². The second-order valence-electron chi connectivity index (χ2n) is 5.28. The number of carbonyl (C=O) groups excluding carboxylic acids is 1. The van der Waals surface area contributed by atoms with Gasteiger partial charge in [-0.25, -0.2) is 4.79 Å². The molecule has 1 atom stereocenters. The van der Waals surface area contributed by atoms with Crippen molar-refractivity contribution in [3.63, 3.8) is 0 Å². The van der Waals surface area contributed by atoms with Gasteiger partial charge in [0.1, 0.15) is 5.75 Å². The molecule has 0 aliphatic heterocycles. The summed E-state index contributed by atoms with van der Waals surface area (Å²) >= 11 is 0. The topological polar surface area (TPSA) is 26.3 Å². The van der Waals surface area contributed by atoms with E-state index in [1.807, 2.05) is 24.3 Å². The van der Waals surface area contributed by atoms with E-state index < -0.39 is 5.97 Å². The normalized spacial score (nSPS) is 12.9. The summed E-state index contributed by atoms with van der Waals surface area (Å²) in [6.45, 7) is 12.2. The molecule has 1 aromatic carbocycles. The molecule has 0 aliphatic carbocycles. The Balaban J connectivity index is 2.81. The SMILES string of the molecule is C=CC(=O)Oc1ccc(C(C)C(C)(C)C)cc1. The van der Waals surface area contributed by atoms with E-state index in [1.165, 1.54) is 5.56 Å². The van der Waals surface area contributed by atoms with Gasteiger partial charge in [-0.1, -0.05) is 46.4 Å². The zero-order valence-electron chi connectivity index (χ0n) is 11.0. The Morgan fingerprint density at radius 1 is 1.29 bits per heavy atom. The monoisotopic (exact) mass is 232 g/mol. The van der Waals surface area contributed by atoms with Crippen LogP contribution in [0.2, 0.25) is 0 Å². The molecule has 0 saturated heterocycles. The third kappa shape index (κ3) is 3.74. The van der Waals surface area contributed by atoms with Gasteiger partial charge in [-0.15, -0.1) is 0 Å². The third-order valence-electron chi connectivity index (χ3n) is 3.06. The summed E-state index contributed by atoms with van der Waals surface area (Å²) in [5.41, 5.74) is 1.47. The summed E-state index contributed by atoms with van der Waals surface area (Å²) in [6, 6.07) is 7.64. The maximum Gasteiger partial charge on any atom is 0.335 e. The van der Waals surface area contributed by atoms with Gasteiger partial charge in [-0.05, 0) is 29.0 Å². The molecular formula is C15H20O2. The molecule has 0 N–H and O–H groups in total. The number of rotatable bonds is 3. The van der Waals surface area contributed by atoms with E-state index in [9.17, 15) is 4.79 Å². The van der Waals surface area contributed by atoms with Crippen molar-refractivity contribution in [2.75, 3.05) is 0 Å². The molecular weight excluding hydrogens is 212 g/mol. The predicted octanol–water partition coefficient (Wildman–Crippen LogP) is 3.93. The van der Waals surface area contributed by atoms with Crippen LogP contribution in [0, 0.1) is 5.41 Å². The van der Waals surface area contributed by atoms with Crippen LogP contribution in [0.1, 0.15) is 39.2 Å². The van der Waals surface area contributed by atoms with Gasteiger partial charge in [-0.3, -0.25) is 0 Å². The molecule has 92 valence electrons. The fourth-order valence-electron chi connectivity index (χ4n) is 1.48. The van der Waals surface area contributed by atoms with Crippen molar-refractivity contribution < 1.29 is 9.53 Å².